The van der Waals surface area contributed by atoms with Crippen molar-refractivity contribution in [2.45, 2.75) is 78.4 Å². The Labute approximate surface area is 198 Å². The highest BCUT2D eigenvalue weighted by Crippen LogP contribution is 2.49. The van der Waals surface area contributed by atoms with Crippen LogP contribution in [0.25, 0.3) is 0 Å². The van der Waals surface area contributed by atoms with Gasteiger partial charge in [0, 0.05) is 26.2 Å². The van der Waals surface area contributed by atoms with Gasteiger partial charge in [0.25, 0.3) is 5.91 Å². The topological polar surface area (TPSA) is 94.9 Å². The number of nitriles is 1. The van der Waals surface area contributed by atoms with Crippen molar-refractivity contribution in [1.29, 1.82) is 5.26 Å². The Morgan fingerprint density at radius 2 is 1.79 bits per heavy atom. The Morgan fingerprint density at radius 1 is 1.15 bits per heavy atom. The number of carbonyl (C=O) groups is 2. The molecule has 2 aliphatic heterocycles. The van der Waals surface area contributed by atoms with E-state index in [1.807, 2.05) is 0 Å². The summed E-state index contributed by atoms with van der Waals surface area (Å²) in [6, 6.07) is 2.33. The Hall–Kier alpha value is -1.85. The molecule has 2 atom stereocenters. The molecule has 8 nitrogen and oxygen atoms in total. The Balaban J connectivity index is 1.75. The third-order valence-corrected chi connectivity index (χ3v) is 7.36. The zero-order chi connectivity index (χ0) is 24.3. The van der Waals surface area contributed by atoms with Crippen LogP contribution in [0.4, 0.5) is 4.79 Å². The van der Waals surface area contributed by atoms with E-state index in [1.54, 1.807) is 4.90 Å². The van der Waals surface area contributed by atoms with Crippen LogP contribution in [0.1, 0.15) is 66.7 Å². The molecule has 0 aromatic heterocycles. The minimum absolute atomic E-state index is 0.169. The van der Waals surface area contributed by atoms with Crippen LogP contribution in [-0.2, 0) is 14.3 Å². The average Bonchev–Trinajstić information content (AvgIpc) is 3.15. The van der Waals surface area contributed by atoms with Crippen molar-refractivity contribution in [2.24, 2.45) is 16.7 Å². The van der Waals surface area contributed by atoms with Gasteiger partial charge < -0.3 is 24.6 Å². The summed E-state index contributed by atoms with van der Waals surface area (Å²) in [5.41, 5.74) is -0.590. The number of likely N-dealkylation sites (tertiary alicyclic amines) is 1. The van der Waals surface area contributed by atoms with Gasteiger partial charge in [0.1, 0.15) is 5.54 Å². The molecule has 2 amide bonds. The van der Waals surface area contributed by atoms with Gasteiger partial charge >= 0.3 is 6.09 Å². The fourth-order valence-corrected chi connectivity index (χ4v) is 6.39. The van der Waals surface area contributed by atoms with Gasteiger partial charge in [-0.15, -0.1) is 0 Å². The van der Waals surface area contributed by atoms with Crippen molar-refractivity contribution in [2.75, 3.05) is 45.9 Å². The number of hydrogen-bond donors (Lipinski definition) is 1. The van der Waals surface area contributed by atoms with Gasteiger partial charge in [-0.3, -0.25) is 4.79 Å². The molecule has 1 N–H and O–H groups in total. The largest absolute Gasteiger partial charge is 0.436 e. The summed E-state index contributed by atoms with van der Waals surface area (Å²) in [7, 11) is 0. The van der Waals surface area contributed by atoms with E-state index in [1.165, 1.54) is 0 Å². The first-order valence-corrected chi connectivity index (χ1v) is 12.5. The molecule has 0 radical (unpaired) electrons. The standard InChI is InChI=1S/C25H42N4O4/c1-6-28-8-7-25(17-26,18-28)27-21(30)20(33-22(31)29-9-11-32-12-10-29)13-19-14-23(2,3)16-24(4,5)15-19/h19-20H,6-16,18H2,1-5H3,(H,27,30)/t20-,25?/m0/s1. The predicted octanol–water partition coefficient (Wildman–Crippen LogP) is 3.17. The molecule has 0 spiro atoms. The van der Waals surface area contributed by atoms with Crippen LogP contribution in [0.2, 0.25) is 0 Å². The van der Waals surface area contributed by atoms with Crippen LogP contribution in [0.15, 0.2) is 0 Å². The molecule has 186 valence electrons. The quantitative estimate of drug-likeness (QED) is 0.651. The maximum Gasteiger partial charge on any atom is 0.410 e. The molecular weight excluding hydrogens is 420 g/mol. The maximum atomic E-state index is 13.5. The third kappa shape index (κ3) is 6.83. The number of nitrogens with one attached hydrogen (secondary N) is 1. The van der Waals surface area contributed by atoms with Gasteiger partial charge in [-0.2, -0.15) is 5.26 Å². The third-order valence-electron chi connectivity index (χ3n) is 7.36. The highest BCUT2D eigenvalue weighted by molar-refractivity contribution is 5.84. The Kier molecular flexibility index (Phi) is 7.95. The lowest BCUT2D eigenvalue weighted by Crippen LogP contribution is -2.54. The van der Waals surface area contributed by atoms with Gasteiger partial charge in [-0.25, -0.2) is 4.79 Å². The van der Waals surface area contributed by atoms with Crippen LogP contribution in [0, 0.1) is 28.1 Å². The van der Waals surface area contributed by atoms with Gasteiger partial charge in [-0.05, 0) is 55.4 Å². The van der Waals surface area contributed by atoms with Crippen molar-refractivity contribution >= 4 is 12.0 Å². The molecule has 3 fully saturated rings. The molecule has 2 heterocycles. The van der Waals surface area contributed by atoms with E-state index >= 15 is 0 Å². The molecule has 1 unspecified atom stereocenters. The van der Waals surface area contributed by atoms with Crippen molar-refractivity contribution in [3.05, 3.63) is 0 Å². The predicted molar refractivity (Wildman–Crippen MR) is 125 cm³/mol. The zero-order valence-corrected chi connectivity index (χ0v) is 21.1. The Morgan fingerprint density at radius 3 is 2.33 bits per heavy atom. The molecule has 1 aliphatic carbocycles. The Bertz CT molecular complexity index is 740. The van der Waals surface area contributed by atoms with Crippen LogP contribution >= 0.6 is 0 Å². The van der Waals surface area contributed by atoms with Gasteiger partial charge in [0.2, 0.25) is 0 Å². The van der Waals surface area contributed by atoms with E-state index in [4.69, 9.17) is 9.47 Å². The van der Waals surface area contributed by atoms with E-state index in [-0.39, 0.29) is 22.7 Å². The highest BCUT2D eigenvalue weighted by Gasteiger charge is 2.44. The zero-order valence-electron chi connectivity index (χ0n) is 21.1. The minimum Gasteiger partial charge on any atom is -0.436 e. The second-order valence-electron chi connectivity index (χ2n) is 11.8. The van der Waals surface area contributed by atoms with Crippen LogP contribution < -0.4 is 5.32 Å². The second kappa shape index (κ2) is 10.2. The maximum absolute atomic E-state index is 13.5. The number of carbonyl (C=O) groups excluding carboxylic acids is 2. The van der Waals surface area contributed by atoms with Crippen LogP contribution in [-0.4, -0.2) is 79.4 Å². The molecular formula is C25H42N4O4. The second-order valence-corrected chi connectivity index (χ2v) is 11.8. The monoisotopic (exact) mass is 462 g/mol. The van der Waals surface area contributed by atoms with Crippen LogP contribution in [0.5, 0.6) is 0 Å². The van der Waals surface area contributed by atoms with E-state index < -0.39 is 17.7 Å². The number of nitrogens with zero attached hydrogens (tertiary/aromatic N) is 3. The molecule has 3 rings (SSSR count). The first-order chi connectivity index (χ1) is 15.5. The molecule has 8 heteroatoms. The lowest BCUT2D eigenvalue weighted by Gasteiger charge is -2.45. The average molecular weight is 463 g/mol. The van der Waals surface area contributed by atoms with E-state index in [0.29, 0.717) is 45.7 Å². The van der Waals surface area contributed by atoms with Crippen LogP contribution in [0.3, 0.4) is 0 Å². The number of rotatable bonds is 6. The molecule has 0 aromatic carbocycles. The number of ether oxygens (including phenoxy) is 2. The molecule has 1 saturated carbocycles. The molecule has 0 aromatic rings. The highest BCUT2D eigenvalue weighted by atomic mass is 16.6. The number of morpholine rings is 1. The normalized spacial score (nSPS) is 28.7. The molecule has 0 bridgehead atoms. The summed E-state index contributed by atoms with van der Waals surface area (Å²) in [5.74, 6) is -0.0805. The minimum atomic E-state index is -0.929. The van der Waals surface area contributed by atoms with Crippen molar-refractivity contribution in [3.8, 4) is 6.07 Å². The molecule has 3 aliphatic rings. The van der Waals surface area contributed by atoms with E-state index in [9.17, 15) is 14.9 Å². The summed E-state index contributed by atoms with van der Waals surface area (Å²) in [6.07, 6.45) is 2.79. The summed E-state index contributed by atoms with van der Waals surface area (Å²) < 4.78 is 11.2. The SMILES string of the molecule is CCN1CCC(C#N)(NC(=O)[C@H](CC2CC(C)(C)CC(C)(C)C2)OC(=O)N2CCOCC2)C1. The van der Waals surface area contributed by atoms with Gasteiger partial charge in [0.05, 0.1) is 19.3 Å². The lowest BCUT2D eigenvalue weighted by atomic mass is 9.60. The number of likely N-dealkylation sites (N-methyl/N-ethyl adjacent to an activating group) is 1. The van der Waals surface area contributed by atoms with Crippen molar-refractivity contribution in [1.82, 2.24) is 15.1 Å². The summed E-state index contributed by atoms with van der Waals surface area (Å²) >= 11 is 0. The molecule has 2 saturated heterocycles. The number of amides is 2. The van der Waals surface area contributed by atoms with E-state index in [2.05, 4.69) is 50.9 Å². The summed E-state index contributed by atoms with van der Waals surface area (Å²) in [6.45, 7) is 15.1. The fraction of sp³-hybridized carbons (Fsp3) is 0.880. The molecule has 33 heavy (non-hydrogen) atoms. The first kappa shape index (κ1) is 25.8. The first-order valence-electron chi connectivity index (χ1n) is 12.5. The number of hydrogen-bond acceptors (Lipinski definition) is 6. The lowest BCUT2D eigenvalue weighted by molar-refractivity contribution is -0.133. The fourth-order valence-electron chi connectivity index (χ4n) is 6.39. The summed E-state index contributed by atoms with van der Waals surface area (Å²) in [4.78, 5) is 30.1. The van der Waals surface area contributed by atoms with Gasteiger partial charge in [-0.1, -0.05) is 34.6 Å². The van der Waals surface area contributed by atoms with Crippen molar-refractivity contribution in [3.63, 3.8) is 0 Å². The van der Waals surface area contributed by atoms with Crippen molar-refractivity contribution < 1.29 is 19.1 Å². The van der Waals surface area contributed by atoms with Gasteiger partial charge in [0.15, 0.2) is 6.10 Å². The smallest absolute Gasteiger partial charge is 0.410 e. The van der Waals surface area contributed by atoms with E-state index in [0.717, 1.165) is 32.4 Å². The summed E-state index contributed by atoms with van der Waals surface area (Å²) in [5, 5.41) is 12.9.